The van der Waals surface area contributed by atoms with Crippen molar-refractivity contribution in [1.29, 1.82) is 0 Å². The molecule has 0 saturated carbocycles. The van der Waals surface area contributed by atoms with Crippen molar-refractivity contribution in [1.82, 2.24) is 0 Å². The van der Waals surface area contributed by atoms with Gasteiger partial charge in [0.1, 0.15) is 0 Å². The third-order valence-corrected chi connectivity index (χ3v) is 1.03. The van der Waals surface area contributed by atoms with Gasteiger partial charge in [0.15, 0.2) is 0 Å². The largest absolute Gasteiger partial charge is 0.481 e. The van der Waals surface area contributed by atoms with Crippen LogP contribution in [0.25, 0.3) is 0 Å². The molecule has 0 bridgehead atoms. The van der Waals surface area contributed by atoms with Crippen molar-refractivity contribution in [3.63, 3.8) is 0 Å². The molecule has 0 aliphatic rings. The number of hydrogen-bond donors (Lipinski definition) is 1. The van der Waals surface area contributed by atoms with Crippen LogP contribution < -0.4 is 0 Å². The van der Waals surface area contributed by atoms with Crippen LogP contribution in [0.3, 0.4) is 0 Å². The molecule has 1 atom stereocenters. The first kappa shape index (κ1) is 10.5. The Bertz CT molecular complexity index is 72.8. The SMILES string of the molecule is B.CCC(C)C(=O)O. The van der Waals surface area contributed by atoms with E-state index in [-0.39, 0.29) is 14.3 Å². The molecule has 0 saturated heterocycles. The van der Waals surface area contributed by atoms with Crippen molar-refractivity contribution in [3.05, 3.63) is 0 Å². The Morgan fingerprint density at radius 1 is 1.75 bits per heavy atom. The summed E-state index contributed by atoms with van der Waals surface area (Å²) in [6, 6.07) is 0. The number of hydrogen-bond acceptors (Lipinski definition) is 1. The molecule has 0 radical (unpaired) electrons. The van der Waals surface area contributed by atoms with Gasteiger partial charge in [-0.15, -0.1) is 0 Å². The van der Waals surface area contributed by atoms with E-state index < -0.39 is 5.97 Å². The van der Waals surface area contributed by atoms with Gasteiger partial charge in [0.25, 0.3) is 0 Å². The molecule has 0 fully saturated rings. The molecule has 0 aromatic carbocycles. The molecule has 0 aliphatic heterocycles. The fourth-order valence-corrected chi connectivity index (χ4v) is 0.175. The molecule has 0 aromatic heterocycles. The maximum atomic E-state index is 9.93. The van der Waals surface area contributed by atoms with Gasteiger partial charge in [-0.05, 0) is 6.42 Å². The second kappa shape index (κ2) is 4.69. The normalized spacial score (nSPS) is 11.8. The second-order valence-corrected chi connectivity index (χ2v) is 1.65. The molecule has 0 heterocycles. The topological polar surface area (TPSA) is 37.3 Å². The molecule has 8 heavy (non-hydrogen) atoms. The molecule has 0 spiro atoms. The average Bonchev–Trinajstić information content (AvgIpc) is 1.65. The van der Waals surface area contributed by atoms with Crippen molar-refractivity contribution in [2.75, 3.05) is 0 Å². The minimum atomic E-state index is -0.706. The molecule has 0 aliphatic carbocycles. The van der Waals surface area contributed by atoms with Crippen LogP contribution in [0.5, 0.6) is 0 Å². The van der Waals surface area contributed by atoms with Crippen LogP contribution in [0, 0.1) is 5.92 Å². The molecule has 0 aromatic rings. The molecule has 1 unspecified atom stereocenters. The first-order chi connectivity index (χ1) is 3.18. The van der Waals surface area contributed by atoms with E-state index in [4.69, 9.17) is 5.11 Å². The van der Waals surface area contributed by atoms with Crippen molar-refractivity contribution in [3.8, 4) is 0 Å². The third kappa shape index (κ3) is 3.72. The maximum Gasteiger partial charge on any atom is 0.306 e. The first-order valence-electron chi connectivity index (χ1n) is 2.41. The van der Waals surface area contributed by atoms with E-state index in [9.17, 15) is 4.79 Å². The van der Waals surface area contributed by atoms with Gasteiger partial charge < -0.3 is 5.11 Å². The van der Waals surface area contributed by atoms with Crippen LogP contribution in [0.4, 0.5) is 0 Å². The van der Waals surface area contributed by atoms with E-state index in [0.29, 0.717) is 0 Å². The third-order valence-electron chi connectivity index (χ3n) is 1.03. The van der Waals surface area contributed by atoms with Crippen LogP contribution in [0.2, 0.25) is 0 Å². The summed E-state index contributed by atoms with van der Waals surface area (Å²) in [5.74, 6) is -0.887. The Labute approximate surface area is 51.5 Å². The monoisotopic (exact) mass is 116 g/mol. The van der Waals surface area contributed by atoms with Crippen molar-refractivity contribution in [2.45, 2.75) is 20.3 Å². The molecule has 2 nitrogen and oxygen atoms in total. The van der Waals surface area contributed by atoms with E-state index >= 15 is 0 Å². The summed E-state index contributed by atoms with van der Waals surface area (Å²) in [4.78, 5) is 9.93. The number of carboxylic acid groups (broad SMARTS) is 1. The molecule has 48 valence electrons. The molecule has 1 N–H and O–H groups in total. The zero-order valence-corrected chi connectivity index (χ0v) is 4.64. The highest BCUT2D eigenvalue weighted by Gasteiger charge is 2.05. The van der Waals surface area contributed by atoms with Crippen molar-refractivity contribution < 1.29 is 9.90 Å². The molecule has 3 heteroatoms. The Morgan fingerprint density at radius 2 is 2.12 bits per heavy atom. The number of carboxylic acids is 1. The van der Waals surface area contributed by atoms with Crippen LogP contribution in [0.15, 0.2) is 0 Å². The van der Waals surface area contributed by atoms with Crippen LogP contribution in [0.1, 0.15) is 20.3 Å². The lowest BCUT2D eigenvalue weighted by atomic mass is 10.1. The van der Waals surface area contributed by atoms with E-state index in [1.54, 1.807) is 6.92 Å². The highest BCUT2D eigenvalue weighted by molar-refractivity contribution is 5.75. The fraction of sp³-hybridized carbons (Fsp3) is 0.800. The van der Waals surface area contributed by atoms with Gasteiger partial charge in [0, 0.05) is 0 Å². The van der Waals surface area contributed by atoms with Gasteiger partial charge >= 0.3 is 5.97 Å². The summed E-state index contributed by atoms with van der Waals surface area (Å²) in [5.41, 5.74) is 0. The Kier molecular flexibility index (Phi) is 6.16. The van der Waals surface area contributed by atoms with Crippen molar-refractivity contribution in [2.24, 2.45) is 5.92 Å². The van der Waals surface area contributed by atoms with Gasteiger partial charge in [-0.25, -0.2) is 0 Å². The minimum absolute atomic E-state index is 0. The van der Waals surface area contributed by atoms with Crippen LogP contribution >= 0.6 is 0 Å². The summed E-state index contributed by atoms with van der Waals surface area (Å²) in [6.07, 6.45) is 0.718. The summed E-state index contributed by atoms with van der Waals surface area (Å²) >= 11 is 0. The van der Waals surface area contributed by atoms with Gasteiger partial charge in [-0.2, -0.15) is 0 Å². The quantitative estimate of drug-likeness (QED) is 0.513. The van der Waals surface area contributed by atoms with Gasteiger partial charge in [-0.3, -0.25) is 4.79 Å². The van der Waals surface area contributed by atoms with Gasteiger partial charge in [0.05, 0.1) is 14.3 Å². The summed E-state index contributed by atoms with van der Waals surface area (Å²) in [5, 5.41) is 8.18. The Morgan fingerprint density at radius 3 is 2.12 bits per heavy atom. The van der Waals surface area contributed by atoms with E-state index in [1.807, 2.05) is 6.92 Å². The second-order valence-electron chi connectivity index (χ2n) is 1.65. The molecule has 0 rings (SSSR count). The zero-order chi connectivity index (χ0) is 5.86. The average molecular weight is 116 g/mol. The predicted molar refractivity (Wildman–Crippen MR) is 37.0 cm³/mol. The van der Waals surface area contributed by atoms with Crippen molar-refractivity contribution >= 4 is 14.4 Å². The van der Waals surface area contributed by atoms with Crippen LogP contribution in [-0.4, -0.2) is 19.5 Å². The first-order valence-corrected chi connectivity index (χ1v) is 2.41. The van der Waals surface area contributed by atoms with E-state index in [0.717, 1.165) is 6.42 Å². The smallest absolute Gasteiger partial charge is 0.306 e. The lowest BCUT2D eigenvalue weighted by Crippen LogP contribution is -2.06. The summed E-state index contributed by atoms with van der Waals surface area (Å²) < 4.78 is 0. The van der Waals surface area contributed by atoms with Crippen LogP contribution in [-0.2, 0) is 4.79 Å². The maximum absolute atomic E-state index is 9.93. The fourth-order valence-electron chi connectivity index (χ4n) is 0.175. The summed E-state index contributed by atoms with van der Waals surface area (Å²) in [7, 11) is 0. The zero-order valence-electron chi connectivity index (χ0n) is 4.64. The summed E-state index contributed by atoms with van der Waals surface area (Å²) in [6.45, 7) is 3.56. The lowest BCUT2D eigenvalue weighted by molar-refractivity contribution is -0.141. The van der Waals surface area contributed by atoms with E-state index in [2.05, 4.69) is 0 Å². The molecular weight excluding hydrogens is 103 g/mol. The number of aliphatic carboxylic acids is 1. The predicted octanol–water partition coefficient (Wildman–Crippen LogP) is -0.0668. The Balaban J connectivity index is 0. The van der Waals surface area contributed by atoms with Gasteiger partial charge in [0.2, 0.25) is 0 Å². The number of rotatable bonds is 2. The lowest BCUT2D eigenvalue weighted by Gasteiger charge is -1.96. The van der Waals surface area contributed by atoms with Gasteiger partial charge in [-0.1, -0.05) is 13.8 Å². The minimum Gasteiger partial charge on any atom is -0.481 e. The standard InChI is InChI=1S/C5H10O2.BH3/c1-3-4(2)5(6)7;/h4H,3H2,1-2H3,(H,6,7);1H3. The Hall–Kier alpha value is -0.465. The highest BCUT2D eigenvalue weighted by atomic mass is 16.4. The molecular formula is C5H13BO2. The van der Waals surface area contributed by atoms with E-state index in [1.165, 1.54) is 0 Å². The molecule has 0 amide bonds. The number of carbonyl (C=O) groups is 1. The highest BCUT2D eigenvalue weighted by Crippen LogP contribution is 1.97.